The summed E-state index contributed by atoms with van der Waals surface area (Å²) >= 11 is 0. The second-order valence-corrected chi connectivity index (χ2v) is 5.09. The molecule has 3 nitrogen and oxygen atoms in total. The Labute approximate surface area is 93.2 Å². The van der Waals surface area contributed by atoms with E-state index in [-0.39, 0.29) is 0 Å². The second kappa shape index (κ2) is 5.50. The summed E-state index contributed by atoms with van der Waals surface area (Å²) < 4.78 is 0. The second-order valence-electron chi connectivity index (χ2n) is 5.09. The van der Waals surface area contributed by atoms with Gasteiger partial charge in [-0.25, -0.2) is 0 Å². The molecule has 88 valence electrons. The zero-order valence-electron chi connectivity index (χ0n) is 10.4. The normalized spacial score (nSPS) is 27.1. The molecule has 3 heteroatoms. The van der Waals surface area contributed by atoms with E-state index in [1.165, 1.54) is 0 Å². The molecule has 0 aromatic heterocycles. The van der Waals surface area contributed by atoms with Gasteiger partial charge in [-0.05, 0) is 26.2 Å². The Morgan fingerprint density at radius 2 is 1.87 bits per heavy atom. The largest absolute Gasteiger partial charge is 0.335 e. The number of hydrogen-bond donors (Lipinski definition) is 1. The van der Waals surface area contributed by atoms with Crippen molar-refractivity contribution in [3.8, 4) is 0 Å². The summed E-state index contributed by atoms with van der Waals surface area (Å²) in [6.45, 7) is 10.4. The fourth-order valence-electron chi connectivity index (χ4n) is 2.17. The van der Waals surface area contributed by atoms with Crippen molar-refractivity contribution in [2.24, 2.45) is 5.92 Å². The minimum atomic E-state index is 0.324. The predicted molar refractivity (Wildman–Crippen MR) is 62.7 cm³/mol. The first-order valence-electron chi connectivity index (χ1n) is 6.04. The van der Waals surface area contributed by atoms with Crippen LogP contribution in [0.15, 0.2) is 0 Å². The van der Waals surface area contributed by atoms with E-state index in [2.05, 4.69) is 37.9 Å². The molecule has 0 aromatic rings. The Balaban J connectivity index is 2.48. The van der Waals surface area contributed by atoms with E-state index in [0.29, 0.717) is 30.3 Å². The van der Waals surface area contributed by atoms with Crippen LogP contribution >= 0.6 is 0 Å². The minimum Gasteiger partial charge on any atom is -0.335 e. The number of nitrogens with one attached hydrogen (secondary N) is 1. The Hall–Kier alpha value is -0.570. The van der Waals surface area contributed by atoms with E-state index in [9.17, 15) is 4.79 Å². The van der Waals surface area contributed by atoms with Crippen molar-refractivity contribution in [2.45, 2.75) is 52.6 Å². The van der Waals surface area contributed by atoms with Gasteiger partial charge in [0.1, 0.15) is 0 Å². The van der Waals surface area contributed by atoms with Crippen molar-refractivity contribution >= 4 is 5.91 Å². The third-order valence-corrected chi connectivity index (χ3v) is 3.05. The number of piperazine rings is 1. The summed E-state index contributed by atoms with van der Waals surface area (Å²) in [7, 11) is 0. The Kier molecular flexibility index (Phi) is 4.58. The molecule has 1 fully saturated rings. The summed E-state index contributed by atoms with van der Waals surface area (Å²) in [4.78, 5) is 14.1. The van der Waals surface area contributed by atoms with Crippen molar-refractivity contribution in [1.82, 2.24) is 10.2 Å². The molecule has 0 spiro atoms. The van der Waals surface area contributed by atoms with Gasteiger partial charge in [-0.2, -0.15) is 0 Å². The molecule has 1 N–H and O–H groups in total. The lowest BCUT2D eigenvalue weighted by Crippen LogP contribution is -2.57. The SMILES string of the molecule is CC(C)CCC(=O)N1C(C)CNCC1C. The number of amides is 1. The fourth-order valence-corrected chi connectivity index (χ4v) is 2.17. The van der Waals surface area contributed by atoms with Crippen LogP contribution in [0.4, 0.5) is 0 Å². The van der Waals surface area contributed by atoms with E-state index >= 15 is 0 Å². The van der Waals surface area contributed by atoms with Crippen molar-refractivity contribution in [1.29, 1.82) is 0 Å². The Morgan fingerprint density at radius 3 is 2.33 bits per heavy atom. The molecule has 1 rings (SSSR count). The average Bonchev–Trinajstić information content (AvgIpc) is 2.14. The van der Waals surface area contributed by atoms with E-state index in [1.54, 1.807) is 0 Å². The zero-order chi connectivity index (χ0) is 11.4. The third-order valence-electron chi connectivity index (χ3n) is 3.05. The Bertz CT molecular complexity index is 206. The molecule has 1 heterocycles. The Morgan fingerprint density at radius 1 is 1.33 bits per heavy atom. The third kappa shape index (κ3) is 3.49. The molecule has 0 bridgehead atoms. The summed E-state index contributed by atoms with van der Waals surface area (Å²) in [5.74, 6) is 0.938. The van der Waals surface area contributed by atoms with E-state index < -0.39 is 0 Å². The maximum absolute atomic E-state index is 12.0. The summed E-state index contributed by atoms with van der Waals surface area (Å²) in [5.41, 5.74) is 0. The van der Waals surface area contributed by atoms with E-state index in [1.807, 2.05) is 0 Å². The van der Waals surface area contributed by atoms with Crippen molar-refractivity contribution in [3.63, 3.8) is 0 Å². The van der Waals surface area contributed by atoms with Crippen molar-refractivity contribution < 1.29 is 4.79 Å². The summed E-state index contributed by atoms with van der Waals surface area (Å²) in [5, 5.41) is 3.34. The van der Waals surface area contributed by atoms with E-state index in [4.69, 9.17) is 0 Å². The number of carbonyl (C=O) groups is 1. The van der Waals surface area contributed by atoms with Crippen molar-refractivity contribution in [2.75, 3.05) is 13.1 Å². The lowest BCUT2D eigenvalue weighted by Gasteiger charge is -2.39. The van der Waals surface area contributed by atoms with Crippen molar-refractivity contribution in [3.05, 3.63) is 0 Å². The number of carbonyl (C=O) groups excluding carboxylic acids is 1. The highest BCUT2D eigenvalue weighted by Crippen LogP contribution is 2.14. The molecule has 2 unspecified atom stereocenters. The first-order chi connectivity index (χ1) is 7.02. The number of hydrogen-bond acceptors (Lipinski definition) is 2. The smallest absolute Gasteiger partial charge is 0.223 e. The van der Waals surface area contributed by atoms with Gasteiger partial charge < -0.3 is 10.2 Å². The van der Waals surface area contributed by atoms with Crippen LogP contribution in [0.2, 0.25) is 0 Å². The van der Waals surface area contributed by atoms with Crippen LogP contribution in [0, 0.1) is 5.92 Å². The quantitative estimate of drug-likeness (QED) is 0.771. The highest BCUT2D eigenvalue weighted by atomic mass is 16.2. The van der Waals surface area contributed by atoms with Crippen LogP contribution in [-0.4, -0.2) is 36.0 Å². The van der Waals surface area contributed by atoms with Crippen LogP contribution in [0.25, 0.3) is 0 Å². The number of rotatable bonds is 3. The molecule has 2 atom stereocenters. The molecule has 15 heavy (non-hydrogen) atoms. The van der Waals surface area contributed by atoms with Crippen LogP contribution in [-0.2, 0) is 4.79 Å². The molecule has 1 saturated heterocycles. The molecule has 1 aliphatic rings. The molecule has 0 aromatic carbocycles. The fraction of sp³-hybridized carbons (Fsp3) is 0.917. The lowest BCUT2D eigenvalue weighted by atomic mass is 10.0. The molecule has 0 aliphatic carbocycles. The van der Waals surface area contributed by atoms with Gasteiger partial charge in [0.15, 0.2) is 0 Å². The molecule has 1 aliphatic heterocycles. The topological polar surface area (TPSA) is 32.3 Å². The first-order valence-corrected chi connectivity index (χ1v) is 6.04. The van der Waals surface area contributed by atoms with Gasteiger partial charge in [-0.15, -0.1) is 0 Å². The molecule has 0 radical (unpaired) electrons. The first kappa shape index (κ1) is 12.5. The maximum Gasteiger partial charge on any atom is 0.223 e. The summed E-state index contributed by atoms with van der Waals surface area (Å²) in [6, 6.07) is 0.682. The zero-order valence-corrected chi connectivity index (χ0v) is 10.4. The van der Waals surface area contributed by atoms with Gasteiger partial charge in [-0.3, -0.25) is 4.79 Å². The molecular weight excluding hydrogens is 188 g/mol. The van der Waals surface area contributed by atoms with Gasteiger partial charge >= 0.3 is 0 Å². The lowest BCUT2D eigenvalue weighted by molar-refractivity contribution is -0.136. The van der Waals surface area contributed by atoms with Gasteiger partial charge in [0, 0.05) is 31.6 Å². The number of nitrogens with zero attached hydrogens (tertiary/aromatic N) is 1. The predicted octanol–water partition coefficient (Wildman–Crippen LogP) is 1.63. The van der Waals surface area contributed by atoms with Crippen LogP contribution < -0.4 is 5.32 Å². The monoisotopic (exact) mass is 212 g/mol. The van der Waals surface area contributed by atoms with Crippen LogP contribution in [0.1, 0.15) is 40.5 Å². The van der Waals surface area contributed by atoms with Crippen LogP contribution in [0.3, 0.4) is 0 Å². The maximum atomic E-state index is 12.0. The van der Waals surface area contributed by atoms with Gasteiger partial charge in [0.2, 0.25) is 5.91 Å². The highest BCUT2D eigenvalue weighted by molar-refractivity contribution is 5.77. The molecule has 0 saturated carbocycles. The minimum absolute atomic E-state index is 0.324. The van der Waals surface area contributed by atoms with E-state index in [0.717, 1.165) is 19.5 Å². The average molecular weight is 212 g/mol. The summed E-state index contributed by atoms with van der Waals surface area (Å²) in [6.07, 6.45) is 1.70. The highest BCUT2D eigenvalue weighted by Gasteiger charge is 2.28. The molecule has 1 amide bonds. The molecular formula is C12H24N2O. The van der Waals surface area contributed by atoms with Crippen LogP contribution in [0.5, 0.6) is 0 Å². The van der Waals surface area contributed by atoms with Gasteiger partial charge in [-0.1, -0.05) is 13.8 Å². The standard InChI is InChI=1S/C12H24N2O/c1-9(2)5-6-12(15)14-10(3)7-13-8-11(14)4/h9-11,13H,5-8H2,1-4H3. The van der Waals surface area contributed by atoms with Gasteiger partial charge in [0.05, 0.1) is 0 Å². The van der Waals surface area contributed by atoms with Gasteiger partial charge in [0.25, 0.3) is 0 Å².